The first-order valence-corrected chi connectivity index (χ1v) is 8.97. The lowest BCUT2D eigenvalue weighted by atomic mass is 9.86. The van der Waals surface area contributed by atoms with Gasteiger partial charge in [-0.3, -0.25) is 0 Å². The number of hydrogen-bond donors (Lipinski definition) is 2. The normalized spacial score (nSPS) is 15.7. The number of benzene rings is 1. The molecule has 1 aromatic carbocycles. The minimum Gasteiger partial charge on any atom is -0.396 e. The van der Waals surface area contributed by atoms with Gasteiger partial charge in [0.05, 0.1) is 5.75 Å². The Kier molecular flexibility index (Phi) is 6.38. The Morgan fingerprint density at radius 1 is 1.19 bits per heavy atom. The fourth-order valence-electron chi connectivity index (χ4n) is 2.27. The van der Waals surface area contributed by atoms with E-state index < -0.39 is 10.0 Å². The number of rotatable bonds is 7. The van der Waals surface area contributed by atoms with E-state index in [1.165, 1.54) is 0 Å². The van der Waals surface area contributed by atoms with Crippen LogP contribution < -0.4 is 4.72 Å². The largest absolute Gasteiger partial charge is 0.396 e. The number of hydrogen-bond acceptors (Lipinski definition) is 3. The first kappa shape index (κ1) is 18.1. The van der Waals surface area contributed by atoms with Crippen LogP contribution >= 0.6 is 0 Å². The molecule has 0 aliphatic carbocycles. The Balaban J connectivity index is 2.77. The Morgan fingerprint density at radius 3 is 2.24 bits per heavy atom. The zero-order chi connectivity index (χ0) is 16.1. The third-order valence-electron chi connectivity index (χ3n) is 3.62. The molecule has 4 nitrogen and oxygen atoms in total. The van der Waals surface area contributed by atoms with E-state index in [0.717, 1.165) is 5.56 Å². The van der Waals surface area contributed by atoms with Crippen LogP contribution in [0, 0.1) is 5.41 Å². The zero-order valence-corrected chi connectivity index (χ0v) is 14.2. The van der Waals surface area contributed by atoms with Crippen molar-refractivity contribution in [3.8, 4) is 0 Å². The summed E-state index contributed by atoms with van der Waals surface area (Å²) in [6, 6.07) is 9.35. The van der Waals surface area contributed by atoms with E-state index in [2.05, 4.69) is 4.72 Å². The molecule has 0 radical (unpaired) electrons. The zero-order valence-electron chi connectivity index (χ0n) is 13.3. The van der Waals surface area contributed by atoms with Crippen LogP contribution in [0.3, 0.4) is 0 Å². The molecular weight excluding hydrogens is 286 g/mol. The Morgan fingerprint density at radius 2 is 1.76 bits per heavy atom. The van der Waals surface area contributed by atoms with E-state index in [1.807, 2.05) is 58.0 Å². The van der Waals surface area contributed by atoms with Gasteiger partial charge in [-0.15, -0.1) is 0 Å². The van der Waals surface area contributed by atoms with Gasteiger partial charge in [0.1, 0.15) is 0 Å². The molecule has 0 amide bonds. The van der Waals surface area contributed by atoms with Crippen molar-refractivity contribution in [3.05, 3.63) is 35.9 Å². The quantitative estimate of drug-likeness (QED) is 0.813. The lowest BCUT2D eigenvalue weighted by molar-refractivity contribution is 0.214. The monoisotopic (exact) mass is 313 g/mol. The average molecular weight is 313 g/mol. The number of sulfonamides is 1. The lowest BCUT2D eigenvalue weighted by Crippen LogP contribution is -2.45. The van der Waals surface area contributed by atoms with Crippen molar-refractivity contribution in [3.63, 3.8) is 0 Å². The Labute approximate surface area is 128 Å². The van der Waals surface area contributed by atoms with E-state index in [4.69, 9.17) is 5.11 Å². The molecule has 2 unspecified atom stereocenters. The van der Waals surface area contributed by atoms with E-state index in [-0.39, 0.29) is 29.7 Å². The first-order valence-electron chi connectivity index (χ1n) is 7.31. The summed E-state index contributed by atoms with van der Waals surface area (Å²) in [5, 5.41) is 9.12. The van der Waals surface area contributed by atoms with Crippen LogP contribution in [0.15, 0.2) is 30.3 Å². The Bertz CT molecular complexity index is 520. The molecule has 0 saturated carbocycles. The van der Waals surface area contributed by atoms with Crippen LogP contribution in [0.2, 0.25) is 0 Å². The molecule has 120 valence electrons. The van der Waals surface area contributed by atoms with E-state index >= 15 is 0 Å². The molecule has 0 bridgehead atoms. The summed E-state index contributed by atoms with van der Waals surface area (Å²) >= 11 is 0. The maximum atomic E-state index is 12.4. The van der Waals surface area contributed by atoms with Gasteiger partial charge < -0.3 is 5.11 Å². The predicted octanol–water partition coefficient (Wildman–Crippen LogP) is 2.51. The van der Waals surface area contributed by atoms with E-state index in [9.17, 15) is 8.42 Å². The van der Waals surface area contributed by atoms with Crippen LogP contribution in [0.4, 0.5) is 0 Å². The maximum absolute atomic E-state index is 12.4. The average Bonchev–Trinajstić information content (AvgIpc) is 2.37. The van der Waals surface area contributed by atoms with Crippen molar-refractivity contribution in [2.75, 3.05) is 12.4 Å². The molecule has 0 saturated heterocycles. The predicted molar refractivity (Wildman–Crippen MR) is 86.7 cm³/mol. The van der Waals surface area contributed by atoms with Gasteiger partial charge in [-0.1, -0.05) is 58.0 Å². The van der Waals surface area contributed by atoms with E-state index in [1.54, 1.807) is 0 Å². The fraction of sp³-hybridized carbons (Fsp3) is 0.625. The van der Waals surface area contributed by atoms with Crippen LogP contribution in [-0.2, 0) is 10.0 Å². The smallest absolute Gasteiger partial charge is 0.212 e. The van der Waals surface area contributed by atoms with Gasteiger partial charge >= 0.3 is 0 Å². The third kappa shape index (κ3) is 6.16. The summed E-state index contributed by atoms with van der Waals surface area (Å²) in [6.07, 6.45) is 0.419. The van der Waals surface area contributed by atoms with Gasteiger partial charge in [0, 0.05) is 12.6 Å². The summed E-state index contributed by atoms with van der Waals surface area (Å²) in [4.78, 5) is 0. The SMILES string of the molecule is CC(CS(=O)(=O)NC(CCO)C(C)(C)C)c1ccccc1. The first-order chi connectivity index (χ1) is 9.65. The fourth-order valence-corrected chi connectivity index (χ4v) is 4.12. The van der Waals surface area contributed by atoms with Gasteiger partial charge in [0.15, 0.2) is 0 Å². The van der Waals surface area contributed by atoms with Crippen molar-refractivity contribution in [1.29, 1.82) is 0 Å². The second-order valence-corrected chi connectivity index (χ2v) is 8.44. The van der Waals surface area contributed by atoms with Crippen molar-refractivity contribution in [2.45, 2.75) is 46.1 Å². The second-order valence-electron chi connectivity index (χ2n) is 6.64. The highest BCUT2D eigenvalue weighted by molar-refractivity contribution is 7.89. The second kappa shape index (κ2) is 7.38. The van der Waals surface area contributed by atoms with Crippen molar-refractivity contribution >= 4 is 10.0 Å². The molecular formula is C16H27NO3S. The molecule has 0 aliphatic heterocycles. The summed E-state index contributed by atoms with van der Waals surface area (Å²) in [6.45, 7) is 7.79. The third-order valence-corrected chi connectivity index (χ3v) is 5.21. The van der Waals surface area contributed by atoms with Crippen LogP contribution in [0.5, 0.6) is 0 Å². The molecule has 0 fully saturated rings. The summed E-state index contributed by atoms with van der Waals surface area (Å²) < 4.78 is 27.5. The molecule has 0 aliphatic rings. The number of aliphatic hydroxyl groups excluding tert-OH is 1. The van der Waals surface area contributed by atoms with Crippen molar-refractivity contribution in [1.82, 2.24) is 4.72 Å². The Hall–Kier alpha value is -0.910. The standard InChI is InChI=1S/C16H27NO3S/c1-13(14-8-6-5-7-9-14)12-21(19,20)17-15(10-11-18)16(2,3)4/h5-9,13,15,17-18H,10-12H2,1-4H3. The van der Waals surface area contributed by atoms with Gasteiger partial charge in [0.25, 0.3) is 0 Å². The summed E-state index contributed by atoms with van der Waals surface area (Å²) in [7, 11) is -3.39. The van der Waals surface area contributed by atoms with Crippen LogP contribution in [-0.4, -0.2) is 31.9 Å². The highest BCUT2D eigenvalue weighted by Crippen LogP contribution is 2.23. The summed E-state index contributed by atoms with van der Waals surface area (Å²) in [5.74, 6) is -0.0203. The van der Waals surface area contributed by atoms with Crippen LogP contribution in [0.25, 0.3) is 0 Å². The minimum atomic E-state index is -3.39. The topological polar surface area (TPSA) is 66.4 Å². The van der Waals surface area contributed by atoms with Crippen molar-refractivity contribution in [2.24, 2.45) is 5.41 Å². The molecule has 0 heterocycles. The minimum absolute atomic E-state index is 0.0291. The van der Waals surface area contributed by atoms with Crippen molar-refractivity contribution < 1.29 is 13.5 Å². The number of aliphatic hydroxyl groups is 1. The highest BCUT2D eigenvalue weighted by Gasteiger charge is 2.29. The molecule has 5 heteroatoms. The molecule has 0 aromatic heterocycles. The summed E-state index contributed by atoms with van der Waals surface area (Å²) in [5.41, 5.74) is 0.781. The van der Waals surface area contributed by atoms with E-state index in [0.29, 0.717) is 6.42 Å². The molecule has 0 spiro atoms. The van der Waals surface area contributed by atoms with Gasteiger partial charge in [-0.25, -0.2) is 13.1 Å². The van der Waals surface area contributed by atoms with Gasteiger partial charge in [-0.2, -0.15) is 0 Å². The molecule has 1 rings (SSSR count). The number of nitrogens with one attached hydrogen (secondary N) is 1. The molecule has 21 heavy (non-hydrogen) atoms. The lowest BCUT2D eigenvalue weighted by Gasteiger charge is -2.31. The molecule has 1 aromatic rings. The maximum Gasteiger partial charge on any atom is 0.212 e. The molecule has 2 N–H and O–H groups in total. The van der Waals surface area contributed by atoms with Gasteiger partial charge in [-0.05, 0) is 23.3 Å². The highest BCUT2D eigenvalue weighted by atomic mass is 32.2. The van der Waals surface area contributed by atoms with Gasteiger partial charge in [0.2, 0.25) is 10.0 Å². The van der Waals surface area contributed by atoms with Crippen LogP contribution in [0.1, 0.15) is 45.6 Å². The molecule has 2 atom stereocenters.